The minimum Gasteiger partial charge on any atom is -0.394 e. The fraction of sp³-hybridized carbons (Fsp3) is 0.333. The Hall–Kier alpha value is -1.32. The van der Waals surface area contributed by atoms with Gasteiger partial charge < -0.3 is 15.4 Å². The van der Waals surface area contributed by atoms with Gasteiger partial charge in [-0.2, -0.15) is 0 Å². The highest BCUT2D eigenvalue weighted by atomic mass is 16.3. The first-order valence-electron chi connectivity index (χ1n) is 5.06. The Bertz CT molecular complexity index is 488. The van der Waals surface area contributed by atoms with E-state index in [4.69, 9.17) is 10.8 Å². The first kappa shape index (κ1) is 10.2. The van der Waals surface area contributed by atoms with Gasteiger partial charge in [0.2, 0.25) is 0 Å². The van der Waals surface area contributed by atoms with Crippen molar-refractivity contribution in [2.45, 2.75) is 13.0 Å². The van der Waals surface area contributed by atoms with Crippen LogP contribution in [0.1, 0.15) is 17.3 Å². The molecule has 0 fully saturated rings. The van der Waals surface area contributed by atoms with Gasteiger partial charge in [0, 0.05) is 23.6 Å². The second-order valence-electron chi connectivity index (χ2n) is 3.95. The largest absolute Gasteiger partial charge is 0.394 e. The Labute approximate surface area is 89.1 Å². The molecule has 0 aliphatic rings. The van der Waals surface area contributed by atoms with Gasteiger partial charge in [0.1, 0.15) is 0 Å². The number of aliphatic hydroxyl groups excluding tert-OH is 1. The highest BCUT2D eigenvalue weighted by Gasteiger charge is 2.07. The Balaban J connectivity index is 2.57. The van der Waals surface area contributed by atoms with Gasteiger partial charge in [0.15, 0.2) is 0 Å². The van der Waals surface area contributed by atoms with E-state index < -0.39 is 0 Å². The molecule has 0 amide bonds. The third kappa shape index (κ3) is 1.64. The zero-order chi connectivity index (χ0) is 11.0. The van der Waals surface area contributed by atoms with Gasteiger partial charge in [-0.25, -0.2) is 0 Å². The van der Waals surface area contributed by atoms with Crippen molar-refractivity contribution in [3.63, 3.8) is 0 Å². The van der Waals surface area contributed by atoms with Crippen molar-refractivity contribution in [2.24, 2.45) is 12.8 Å². The molecule has 0 aliphatic carbocycles. The second kappa shape index (κ2) is 3.68. The highest BCUT2D eigenvalue weighted by molar-refractivity contribution is 5.82. The Morgan fingerprint density at radius 3 is 2.80 bits per heavy atom. The van der Waals surface area contributed by atoms with Crippen molar-refractivity contribution in [1.29, 1.82) is 0 Å². The van der Waals surface area contributed by atoms with Crippen LogP contribution in [0.5, 0.6) is 0 Å². The molecule has 0 radical (unpaired) electrons. The van der Waals surface area contributed by atoms with Crippen molar-refractivity contribution in [3.8, 4) is 0 Å². The maximum atomic E-state index is 8.99. The minimum absolute atomic E-state index is 0.0165. The molecule has 3 N–H and O–H groups in total. The summed E-state index contributed by atoms with van der Waals surface area (Å²) in [6.07, 6.45) is 0. The first-order valence-corrected chi connectivity index (χ1v) is 5.06. The summed E-state index contributed by atoms with van der Waals surface area (Å²) >= 11 is 0. The molecule has 3 nitrogen and oxygen atoms in total. The maximum Gasteiger partial charge on any atom is 0.0624 e. The number of benzene rings is 1. The van der Waals surface area contributed by atoms with Crippen molar-refractivity contribution < 1.29 is 5.11 Å². The molecular weight excluding hydrogens is 188 g/mol. The molecule has 1 unspecified atom stereocenters. The molecule has 1 aromatic carbocycles. The standard InChI is InChI=1S/C12H16N2O/c1-8-5-10-6-9(11(13)7-15)3-4-12(10)14(8)2/h3-6,11,15H,7,13H2,1-2H3. The van der Waals surface area contributed by atoms with Crippen LogP contribution >= 0.6 is 0 Å². The molecule has 0 saturated heterocycles. The molecule has 1 aromatic heterocycles. The van der Waals surface area contributed by atoms with E-state index >= 15 is 0 Å². The summed E-state index contributed by atoms with van der Waals surface area (Å²) in [4.78, 5) is 0. The second-order valence-corrected chi connectivity index (χ2v) is 3.95. The molecule has 0 aliphatic heterocycles. The lowest BCUT2D eigenvalue weighted by molar-refractivity contribution is 0.268. The molecule has 80 valence electrons. The fourth-order valence-corrected chi connectivity index (χ4v) is 1.84. The predicted molar refractivity (Wildman–Crippen MR) is 61.7 cm³/mol. The topological polar surface area (TPSA) is 51.2 Å². The van der Waals surface area contributed by atoms with Crippen molar-refractivity contribution >= 4 is 10.9 Å². The van der Waals surface area contributed by atoms with E-state index in [0.717, 1.165) is 5.56 Å². The number of hydrogen-bond donors (Lipinski definition) is 2. The van der Waals surface area contributed by atoms with Crippen LogP contribution in [-0.4, -0.2) is 16.3 Å². The van der Waals surface area contributed by atoms with Crippen molar-refractivity contribution in [3.05, 3.63) is 35.5 Å². The normalized spacial score (nSPS) is 13.3. The quantitative estimate of drug-likeness (QED) is 0.778. The van der Waals surface area contributed by atoms with Gasteiger partial charge >= 0.3 is 0 Å². The lowest BCUT2D eigenvalue weighted by Crippen LogP contribution is -2.14. The molecule has 0 bridgehead atoms. The van der Waals surface area contributed by atoms with E-state index in [1.807, 2.05) is 25.2 Å². The Kier molecular flexibility index (Phi) is 2.50. The number of hydrogen-bond acceptors (Lipinski definition) is 2. The lowest BCUT2D eigenvalue weighted by atomic mass is 10.1. The van der Waals surface area contributed by atoms with Gasteiger partial charge in [-0.15, -0.1) is 0 Å². The van der Waals surface area contributed by atoms with Crippen LogP contribution in [-0.2, 0) is 7.05 Å². The predicted octanol–water partition coefficient (Wildman–Crippen LogP) is 1.48. The summed E-state index contributed by atoms with van der Waals surface area (Å²) in [7, 11) is 2.04. The van der Waals surface area contributed by atoms with Gasteiger partial charge in [0.05, 0.1) is 12.6 Å². The molecular formula is C12H16N2O. The van der Waals surface area contributed by atoms with E-state index in [1.165, 1.54) is 16.6 Å². The summed E-state index contributed by atoms with van der Waals surface area (Å²) in [6.45, 7) is 2.06. The zero-order valence-electron chi connectivity index (χ0n) is 9.07. The van der Waals surface area contributed by atoms with Gasteiger partial charge in [0.25, 0.3) is 0 Å². The smallest absolute Gasteiger partial charge is 0.0624 e. The van der Waals surface area contributed by atoms with Gasteiger partial charge in [-0.05, 0) is 30.7 Å². The van der Waals surface area contributed by atoms with E-state index in [1.54, 1.807) is 0 Å². The Morgan fingerprint density at radius 2 is 2.13 bits per heavy atom. The van der Waals surface area contributed by atoms with E-state index in [0.29, 0.717) is 0 Å². The Morgan fingerprint density at radius 1 is 1.40 bits per heavy atom. The SMILES string of the molecule is Cc1cc2cc(C(N)CO)ccc2n1C. The maximum absolute atomic E-state index is 8.99. The monoisotopic (exact) mass is 204 g/mol. The van der Waals surface area contributed by atoms with Gasteiger partial charge in [-0.3, -0.25) is 0 Å². The first-order chi connectivity index (χ1) is 7.13. The number of nitrogens with zero attached hydrogens (tertiary/aromatic N) is 1. The molecule has 2 aromatic rings. The number of rotatable bonds is 2. The van der Waals surface area contributed by atoms with Gasteiger partial charge in [-0.1, -0.05) is 6.07 Å². The number of nitrogens with two attached hydrogens (primary N) is 1. The van der Waals surface area contributed by atoms with Crippen LogP contribution in [0.3, 0.4) is 0 Å². The van der Waals surface area contributed by atoms with Crippen LogP contribution in [0.25, 0.3) is 10.9 Å². The third-order valence-electron chi connectivity index (χ3n) is 2.93. The number of aliphatic hydroxyl groups is 1. The summed E-state index contributed by atoms with van der Waals surface area (Å²) < 4.78 is 2.14. The lowest BCUT2D eigenvalue weighted by Gasteiger charge is -2.08. The average molecular weight is 204 g/mol. The summed E-state index contributed by atoms with van der Waals surface area (Å²) in [5, 5.41) is 10.2. The molecule has 15 heavy (non-hydrogen) atoms. The molecule has 1 heterocycles. The van der Waals surface area contributed by atoms with E-state index in [2.05, 4.69) is 17.6 Å². The summed E-state index contributed by atoms with van der Waals surface area (Å²) in [5.41, 5.74) is 9.17. The number of fused-ring (bicyclic) bond motifs is 1. The number of aromatic nitrogens is 1. The number of aryl methyl sites for hydroxylation is 2. The van der Waals surface area contributed by atoms with Crippen LogP contribution in [0.2, 0.25) is 0 Å². The molecule has 0 saturated carbocycles. The summed E-state index contributed by atoms with van der Waals surface area (Å²) in [6, 6.07) is 7.91. The molecule has 3 heteroatoms. The summed E-state index contributed by atoms with van der Waals surface area (Å²) in [5.74, 6) is 0. The fourth-order valence-electron chi connectivity index (χ4n) is 1.84. The average Bonchev–Trinajstić information content (AvgIpc) is 2.53. The molecule has 0 spiro atoms. The van der Waals surface area contributed by atoms with Crippen LogP contribution in [0.15, 0.2) is 24.3 Å². The van der Waals surface area contributed by atoms with Crippen LogP contribution in [0, 0.1) is 6.92 Å². The third-order valence-corrected chi connectivity index (χ3v) is 2.93. The van der Waals surface area contributed by atoms with E-state index in [9.17, 15) is 0 Å². The van der Waals surface area contributed by atoms with E-state index in [-0.39, 0.29) is 12.6 Å². The minimum atomic E-state index is -0.282. The van der Waals surface area contributed by atoms with Crippen LogP contribution in [0.4, 0.5) is 0 Å². The van der Waals surface area contributed by atoms with Crippen LogP contribution < -0.4 is 5.73 Å². The van der Waals surface area contributed by atoms with Crippen molar-refractivity contribution in [2.75, 3.05) is 6.61 Å². The highest BCUT2D eigenvalue weighted by Crippen LogP contribution is 2.22. The zero-order valence-corrected chi connectivity index (χ0v) is 9.07. The molecule has 1 atom stereocenters. The van der Waals surface area contributed by atoms with Crippen molar-refractivity contribution in [1.82, 2.24) is 4.57 Å². The molecule has 2 rings (SSSR count).